The first-order valence-electron chi connectivity index (χ1n) is 10.4. The Morgan fingerprint density at radius 3 is 2.65 bits per heavy atom. The van der Waals surface area contributed by atoms with Crippen LogP contribution in [0.1, 0.15) is 22.6 Å². The van der Waals surface area contributed by atoms with Crippen molar-refractivity contribution in [1.82, 2.24) is 30.1 Å². The molecular formula is C21H30N6O4. The van der Waals surface area contributed by atoms with E-state index < -0.39 is 0 Å². The van der Waals surface area contributed by atoms with Crippen molar-refractivity contribution in [3.05, 3.63) is 35.7 Å². The third kappa shape index (κ3) is 5.80. The summed E-state index contributed by atoms with van der Waals surface area (Å²) < 4.78 is 11.9. The number of nitrogens with one attached hydrogen (secondary N) is 1. The molecule has 31 heavy (non-hydrogen) atoms. The van der Waals surface area contributed by atoms with E-state index in [-0.39, 0.29) is 11.8 Å². The third-order valence-electron chi connectivity index (χ3n) is 5.27. The molecule has 1 aromatic heterocycles. The van der Waals surface area contributed by atoms with Gasteiger partial charge in [0.15, 0.2) is 5.69 Å². The summed E-state index contributed by atoms with van der Waals surface area (Å²) in [6, 6.07) is 7.44. The van der Waals surface area contributed by atoms with E-state index in [2.05, 4.69) is 20.5 Å². The smallest absolute Gasteiger partial charge is 0.276 e. The highest BCUT2D eigenvalue weighted by Gasteiger charge is 2.27. The molecule has 1 aliphatic rings. The molecule has 1 aliphatic heterocycles. The van der Waals surface area contributed by atoms with Gasteiger partial charge in [0.2, 0.25) is 5.91 Å². The molecule has 1 fully saturated rings. The number of nitrogens with zero attached hydrogens (tertiary/aromatic N) is 5. The van der Waals surface area contributed by atoms with Crippen LogP contribution in [0.4, 0.5) is 0 Å². The van der Waals surface area contributed by atoms with Crippen LogP contribution < -0.4 is 10.1 Å². The molecule has 0 saturated carbocycles. The van der Waals surface area contributed by atoms with E-state index in [1.165, 1.54) is 0 Å². The van der Waals surface area contributed by atoms with Crippen molar-refractivity contribution in [3.63, 3.8) is 0 Å². The summed E-state index contributed by atoms with van der Waals surface area (Å²) in [6.45, 7) is 5.76. The van der Waals surface area contributed by atoms with E-state index in [1.807, 2.05) is 31.2 Å². The maximum absolute atomic E-state index is 13.0. The number of amides is 2. The maximum atomic E-state index is 13.0. The number of rotatable bonds is 9. The van der Waals surface area contributed by atoms with Gasteiger partial charge in [0.25, 0.3) is 5.91 Å². The molecule has 1 saturated heterocycles. The number of benzene rings is 1. The second-order valence-corrected chi connectivity index (χ2v) is 7.40. The lowest BCUT2D eigenvalue weighted by Gasteiger charge is -2.34. The zero-order chi connectivity index (χ0) is 22.2. The topological polar surface area (TPSA) is 102 Å². The number of carbonyl (C=O) groups excluding carboxylic acids is 2. The molecule has 1 N–H and O–H groups in total. The summed E-state index contributed by atoms with van der Waals surface area (Å²) in [4.78, 5) is 28.8. The van der Waals surface area contributed by atoms with E-state index >= 15 is 0 Å². The predicted molar refractivity (Wildman–Crippen MR) is 114 cm³/mol. The first-order valence-corrected chi connectivity index (χ1v) is 10.4. The van der Waals surface area contributed by atoms with Gasteiger partial charge in [-0.3, -0.25) is 14.5 Å². The van der Waals surface area contributed by atoms with Gasteiger partial charge in [-0.1, -0.05) is 11.3 Å². The molecule has 2 amide bonds. The van der Waals surface area contributed by atoms with Crippen LogP contribution in [0.25, 0.3) is 5.69 Å². The van der Waals surface area contributed by atoms with Gasteiger partial charge in [0.1, 0.15) is 5.75 Å². The van der Waals surface area contributed by atoms with E-state index in [0.29, 0.717) is 63.0 Å². The largest absolute Gasteiger partial charge is 0.497 e. The molecule has 1 aromatic carbocycles. The summed E-state index contributed by atoms with van der Waals surface area (Å²) in [5.74, 6) is 0.558. The summed E-state index contributed by atoms with van der Waals surface area (Å²) >= 11 is 0. The van der Waals surface area contributed by atoms with Gasteiger partial charge < -0.3 is 19.7 Å². The van der Waals surface area contributed by atoms with Crippen LogP contribution in [0.2, 0.25) is 0 Å². The minimum atomic E-state index is -0.143. The fraction of sp³-hybridized carbons (Fsp3) is 0.524. The van der Waals surface area contributed by atoms with Crippen molar-refractivity contribution < 1.29 is 19.1 Å². The van der Waals surface area contributed by atoms with Gasteiger partial charge in [-0.15, -0.1) is 5.10 Å². The van der Waals surface area contributed by atoms with Crippen molar-refractivity contribution in [2.45, 2.75) is 13.3 Å². The molecule has 10 nitrogen and oxygen atoms in total. The third-order valence-corrected chi connectivity index (χ3v) is 5.27. The Morgan fingerprint density at radius 2 is 1.94 bits per heavy atom. The van der Waals surface area contributed by atoms with Crippen LogP contribution in [-0.2, 0) is 9.53 Å². The molecule has 2 heterocycles. The Kier molecular flexibility index (Phi) is 7.96. The van der Waals surface area contributed by atoms with Gasteiger partial charge in [0.05, 0.1) is 25.0 Å². The Bertz CT molecular complexity index is 892. The fourth-order valence-electron chi connectivity index (χ4n) is 3.48. The molecule has 0 spiro atoms. The molecule has 0 radical (unpaired) electrons. The number of carbonyl (C=O) groups is 2. The Labute approximate surface area is 182 Å². The number of methoxy groups -OCH3 is 2. The van der Waals surface area contributed by atoms with Gasteiger partial charge in [-0.25, -0.2) is 4.68 Å². The van der Waals surface area contributed by atoms with Crippen LogP contribution in [0.3, 0.4) is 0 Å². The van der Waals surface area contributed by atoms with Gasteiger partial charge in [-0.05, 0) is 25.5 Å². The normalized spacial score (nSPS) is 14.5. The van der Waals surface area contributed by atoms with Crippen molar-refractivity contribution in [2.75, 3.05) is 60.1 Å². The van der Waals surface area contributed by atoms with E-state index in [0.717, 1.165) is 12.1 Å². The Hall–Kier alpha value is -2.98. The molecule has 0 bridgehead atoms. The van der Waals surface area contributed by atoms with Crippen LogP contribution >= 0.6 is 0 Å². The number of piperazine rings is 1. The van der Waals surface area contributed by atoms with Crippen molar-refractivity contribution in [2.24, 2.45) is 0 Å². The van der Waals surface area contributed by atoms with E-state index in [4.69, 9.17) is 9.47 Å². The number of aromatic nitrogens is 3. The standard InChI is InChI=1S/C21H30N6O4/c1-16-20(23-24-27(16)17-6-4-7-18(14-17)31-3)21(29)26-11-9-25(10-12-26)15-19(28)22-8-5-13-30-2/h4,6-7,14H,5,8-13,15H2,1-3H3,(H,22,28). The second kappa shape index (κ2) is 10.9. The second-order valence-electron chi connectivity index (χ2n) is 7.40. The first-order chi connectivity index (χ1) is 15.0. The van der Waals surface area contributed by atoms with E-state index in [1.54, 1.807) is 23.8 Å². The zero-order valence-electron chi connectivity index (χ0n) is 18.3. The number of hydrogen-bond donors (Lipinski definition) is 1. The van der Waals surface area contributed by atoms with E-state index in [9.17, 15) is 9.59 Å². The quantitative estimate of drug-likeness (QED) is 0.578. The predicted octanol–water partition coefficient (Wildman–Crippen LogP) is 0.495. The molecule has 0 unspecified atom stereocenters. The fourth-order valence-corrected chi connectivity index (χ4v) is 3.48. The van der Waals surface area contributed by atoms with Crippen molar-refractivity contribution in [1.29, 1.82) is 0 Å². The summed E-state index contributed by atoms with van der Waals surface area (Å²) in [5.41, 5.74) is 1.80. The number of ether oxygens (including phenoxy) is 2. The molecular weight excluding hydrogens is 400 g/mol. The molecule has 168 valence electrons. The lowest BCUT2D eigenvalue weighted by Crippen LogP contribution is -2.51. The summed E-state index contributed by atoms with van der Waals surface area (Å²) in [6.07, 6.45) is 0.792. The monoisotopic (exact) mass is 430 g/mol. The van der Waals surface area contributed by atoms with Crippen LogP contribution in [0.5, 0.6) is 5.75 Å². The van der Waals surface area contributed by atoms with Gasteiger partial charge >= 0.3 is 0 Å². The van der Waals surface area contributed by atoms with Crippen molar-refractivity contribution >= 4 is 11.8 Å². The van der Waals surface area contributed by atoms with Crippen molar-refractivity contribution in [3.8, 4) is 11.4 Å². The van der Waals surface area contributed by atoms with Crippen LogP contribution in [-0.4, -0.2) is 96.7 Å². The minimum Gasteiger partial charge on any atom is -0.497 e. The molecule has 0 aliphatic carbocycles. The maximum Gasteiger partial charge on any atom is 0.276 e. The zero-order valence-corrected chi connectivity index (χ0v) is 18.3. The Balaban J connectivity index is 1.54. The highest BCUT2D eigenvalue weighted by molar-refractivity contribution is 5.93. The van der Waals surface area contributed by atoms with Crippen LogP contribution in [0.15, 0.2) is 24.3 Å². The highest BCUT2D eigenvalue weighted by atomic mass is 16.5. The lowest BCUT2D eigenvalue weighted by atomic mass is 10.2. The lowest BCUT2D eigenvalue weighted by molar-refractivity contribution is -0.122. The molecule has 2 aromatic rings. The average Bonchev–Trinajstić information content (AvgIpc) is 3.18. The first kappa shape index (κ1) is 22.7. The molecule has 10 heteroatoms. The molecule has 3 rings (SSSR count). The van der Waals surface area contributed by atoms with Crippen LogP contribution in [0, 0.1) is 6.92 Å². The highest BCUT2D eigenvalue weighted by Crippen LogP contribution is 2.19. The minimum absolute atomic E-state index is 0.00652. The Morgan fingerprint density at radius 1 is 1.16 bits per heavy atom. The van der Waals surface area contributed by atoms with Gasteiger partial charge in [-0.2, -0.15) is 0 Å². The average molecular weight is 431 g/mol. The number of hydrogen-bond acceptors (Lipinski definition) is 7. The SMILES string of the molecule is COCCCNC(=O)CN1CCN(C(=O)c2nnn(-c3cccc(OC)c3)c2C)CC1. The summed E-state index contributed by atoms with van der Waals surface area (Å²) in [7, 11) is 3.25. The molecule has 0 atom stereocenters. The van der Waals surface area contributed by atoms with Gasteiger partial charge in [0, 0.05) is 52.5 Å². The summed E-state index contributed by atoms with van der Waals surface area (Å²) in [5, 5.41) is 11.2.